The molecule has 0 spiro atoms. The lowest BCUT2D eigenvalue weighted by Gasteiger charge is -2.22. The topological polar surface area (TPSA) is 78.2 Å². The summed E-state index contributed by atoms with van der Waals surface area (Å²) >= 11 is 1.61. The van der Waals surface area contributed by atoms with Crippen molar-refractivity contribution in [2.75, 3.05) is 23.3 Å². The third-order valence-electron chi connectivity index (χ3n) is 5.54. The fraction of sp³-hybridized carbons (Fsp3) is 0.261. The number of carbonyl (C=O) groups is 2. The third-order valence-corrected chi connectivity index (χ3v) is 6.46. The molecule has 8 heteroatoms. The molecule has 1 atom stereocenters. The van der Waals surface area contributed by atoms with Crippen LogP contribution in [0.4, 0.5) is 11.4 Å². The molecule has 3 aromatic rings. The lowest BCUT2D eigenvalue weighted by atomic mass is 10.1. The number of para-hydroxylation sites is 2. The molecule has 0 radical (unpaired) electrons. The number of hydrogen-bond donors (Lipinski definition) is 1. The van der Waals surface area contributed by atoms with Crippen LogP contribution in [-0.4, -0.2) is 35.6 Å². The number of hydrogen-bond acceptors (Lipinski definition) is 6. The van der Waals surface area contributed by atoms with Crippen molar-refractivity contribution in [2.45, 2.75) is 25.3 Å². The monoisotopic (exact) mass is 434 g/mol. The molecule has 0 saturated carbocycles. The van der Waals surface area contributed by atoms with Crippen molar-refractivity contribution in [3.63, 3.8) is 0 Å². The minimum Gasteiger partial charge on any atom is -0.467 e. The molecule has 0 bridgehead atoms. The van der Waals surface area contributed by atoms with Crippen LogP contribution in [0.3, 0.4) is 0 Å². The van der Waals surface area contributed by atoms with E-state index in [-0.39, 0.29) is 24.4 Å². The van der Waals surface area contributed by atoms with Crippen LogP contribution in [0.1, 0.15) is 35.9 Å². The molecule has 2 aliphatic rings. The number of rotatable bonds is 6. The summed E-state index contributed by atoms with van der Waals surface area (Å²) in [4.78, 5) is 28.2. The number of benzene rings is 1. The van der Waals surface area contributed by atoms with E-state index in [1.165, 1.54) is 5.01 Å². The smallest absolute Gasteiger partial charge is 0.262 e. The van der Waals surface area contributed by atoms with E-state index in [1.54, 1.807) is 22.5 Å². The molecule has 0 aliphatic carbocycles. The van der Waals surface area contributed by atoms with Crippen molar-refractivity contribution < 1.29 is 14.0 Å². The van der Waals surface area contributed by atoms with Crippen molar-refractivity contribution in [1.29, 1.82) is 0 Å². The predicted molar refractivity (Wildman–Crippen MR) is 120 cm³/mol. The number of nitrogens with one attached hydrogen (secondary N) is 1. The first-order valence-corrected chi connectivity index (χ1v) is 11.2. The minimum absolute atomic E-state index is 0.0669. The highest BCUT2D eigenvalue weighted by Gasteiger charge is 2.35. The molecule has 5 rings (SSSR count). The average Bonchev–Trinajstić information content (AvgIpc) is 3.58. The van der Waals surface area contributed by atoms with Gasteiger partial charge in [-0.2, -0.15) is 5.10 Å². The zero-order valence-corrected chi connectivity index (χ0v) is 17.7. The molecule has 158 valence electrons. The van der Waals surface area contributed by atoms with Gasteiger partial charge in [0.05, 0.1) is 34.8 Å². The van der Waals surface area contributed by atoms with Gasteiger partial charge in [-0.3, -0.25) is 9.59 Å². The van der Waals surface area contributed by atoms with Gasteiger partial charge in [-0.1, -0.05) is 18.2 Å². The second kappa shape index (κ2) is 8.39. The maximum Gasteiger partial charge on any atom is 0.262 e. The van der Waals surface area contributed by atoms with Crippen molar-refractivity contribution in [2.24, 2.45) is 5.10 Å². The summed E-state index contributed by atoms with van der Waals surface area (Å²) in [5.41, 5.74) is 2.46. The highest BCUT2D eigenvalue weighted by atomic mass is 32.1. The molecule has 2 aliphatic heterocycles. The predicted octanol–water partition coefficient (Wildman–Crippen LogP) is 4.26. The molecule has 4 heterocycles. The molecule has 1 unspecified atom stereocenters. The van der Waals surface area contributed by atoms with Crippen LogP contribution in [0, 0.1) is 0 Å². The highest BCUT2D eigenvalue weighted by Crippen LogP contribution is 2.34. The number of hydrazone groups is 1. The van der Waals surface area contributed by atoms with Gasteiger partial charge in [-0.25, -0.2) is 5.01 Å². The Bertz CT molecular complexity index is 1110. The normalized spacial score (nSPS) is 18.5. The largest absolute Gasteiger partial charge is 0.467 e. The van der Waals surface area contributed by atoms with E-state index in [0.29, 0.717) is 25.1 Å². The Kier molecular flexibility index (Phi) is 5.30. The van der Waals surface area contributed by atoms with E-state index in [0.717, 1.165) is 28.4 Å². The molecule has 1 saturated heterocycles. The van der Waals surface area contributed by atoms with Crippen molar-refractivity contribution in [3.05, 3.63) is 70.8 Å². The molecule has 7 nitrogen and oxygen atoms in total. The Hall–Kier alpha value is -3.39. The van der Waals surface area contributed by atoms with Crippen LogP contribution in [-0.2, 0) is 9.59 Å². The van der Waals surface area contributed by atoms with Crippen LogP contribution in [0.2, 0.25) is 0 Å². The molecule has 1 N–H and O–H groups in total. The lowest BCUT2D eigenvalue weighted by molar-refractivity contribution is -0.131. The summed E-state index contributed by atoms with van der Waals surface area (Å²) in [7, 11) is 0. The SMILES string of the molecule is O=C1CCCN1c1ccccc1NCC(=O)N1N=C(c2cccs2)CC1c1ccco1. The number of amides is 2. The Balaban J connectivity index is 1.35. The number of carbonyl (C=O) groups excluding carboxylic acids is 2. The van der Waals surface area contributed by atoms with E-state index < -0.39 is 0 Å². The van der Waals surface area contributed by atoms with Crippen LogP contribution in [0.15, 0.2) is 69.7 Å². The van der Waals surface area contributed by atoms with E-state index in [1.807, 2.05) is 53.9 Å². The lowest BCUT2D eigenvalue weighted by Crippen LogP contribution is -2.32. The quantitative estimate of drug-likeness (QED) is 0.629. The maximum absolute atomic E-state index is 13.2. The van der Waals surface area contributed by atoms with Crippen LogP contribution in [0.25, 0.3) is 0 Å². The second-order valence-electron chi connectivity index (χ2n) is 7.52. The van der Waals surface area contributed by atoms with Gasteiger partial charge in [0.15, 0.2) is 0 Å². The van der Waals surface area contributed by atoms with Crippen LogP contribution >= 0.6 is 11.3 Å². The van der Waals surface area contributed by atoms with E-state index in [4.69, 9.17) is 4.42 Å². The Morgan fingerprint density at radius 1 is 1.19 bits per heavy atom. The fourth-order valence-electron chi connectivity index (χ4n) is 4.05. The minimum atomic E-state index is -0.267. The van der Waals surface area contributed by atoms with Crippen LogP contribution < -0.4 is 10.2 Å². The standard InChI is InChI=1S/C23H22N4O3S/c28-22-10-3-11-26(22)18-7-2-1-6-16(18)24-15-23(29)27-19(20-8-4-12-30-20)14-17(25-27)21-9-5-13-31-21/h1-2,4-9,12-13,19,24H,3,10-11,14-15H2. The number of nitrogens with zero attached hydrogens (tertiary/aromatic N) is 3. The first-order valence-electron chi connectivity index (χ1n) is 10.3. The van der Waals surface area contributed by atoms with E-state index in [9.17, 15) is 9.59 Å². The summed E-state index contributed by atoms with van der Waals surface area (Å²) in [6.07, 6.45) is 3.64. The maximum atomic E-state index is 13.2. The van der Waals surface area contributed by atoms with Gasteiger partial charge in [-0.05, 0) is 42.1 Å². The van der Waals surface area contributed by atoms with Crippen molar-refractivity contribution in [3.8, 4) is 0 Å². The Morgan fingerprint density at radius 3 is 2.84 bits per heavy atom. The first kappa shape index (κ1) is 19.6. The molecule has 1 fully saturated rings. The first-order chi connectivity index (χ1) is 15.2. The summed E-state index contributed by atoms with van der Waals surface area (Å²) in [6, 6.07) is 15.0. The van der Waals surface area contributed by atoms with Crippen molar-refractivity contribution >= 4 is 40.2 Å². The number of anilines is 2. The van der Waals surface area contributed by atoms with E-state index >= 15 is 0 Å². The number of furan rings is 1. The molecule has 1 aromatic carbocycles. The van der Waals surface area contributed by atoms with Gasteiger partial charge in [0.2, 0.25) is 5.91 Å². The van der Waals surface area contributed by atoms with Gasteiger partial charge in [0.1, 0.15) is 11.8 Å². The van der Waals surface area contributed by atoms with Crippen LogP contribution in [0.5, 0.6) is 0 Å². The fourth-order valence-corrected chi connectivity index (χ4v) is 4.77. The second-order valence-corrected chi connectivity index (χ2v) is 8.46. The highest BCUT2D eigenvalue weighted by molar-refractivity contribution is 7.12. The summed E-state index contributed by atoms with van der Waals surface area (Å²) in [5, 5.41) is 11.4. The van der Waals surface area contributed by atoms with Gasteiger partial charge in [-0.15, -0.1) is 11.3 Å². The molecular formula is C23H22N4O3S. The van der Waals surface area contributed by atoms with Gasteiger partial charge in [0.25, 0.3) is 5.91 Å². The summed E-state index contributed by atoms with van der Waals surface area (Å²) < 4.78 is 5.60. The third kappa shape index (κ3) is 3.86. The van der Waals surface area contributed by atoms with Crippen molar-refractivity contribution in [1.82, 2.24) is 5.01 Å². The Morgan fingerprint density at radius 2 is 2.10 bits per heavy atom. The van der Waals surface area contributed by atoms with Gasteiger partial charge < -0.3 is 14.6 Å². The van der Waals surface area contributed by atoms with E-state index in [2.05, 4.69) is 10.4 Å². The van der Waals surface area contributed by atoms with Gasteiger partial charge in [0, 0.05) is 19.4 Å². The summed E-state index contributed by atoms with van der Waals surface area (Å²) in [6.45, 7) is 0.768. The summed E-state index contributed by atoms with van der Waals surface area (Å²) in [5.74, 6) is 0.672. The van der Waals surface area contributed by atoms with Gasteiger partial charge >= 0.3 is 0 Å². The molecular weight excluding hydrogens is 412 g/mol. The average molecular weight is 435 g/mol. The zero-order valence-electron chi connectivity index (χ0n) is 16.9. The number of thiophene rings is 1. The molecule has 31 heavy (non-hydrogen) atoms. The zero-order chi connectivity index (χ0) is 21.2. The molecule has 2 amide bonds. The molecule has 2 aromatic heterocycles. The Labute approximate surface area is 184 Å².